The number of urea groups is 1. The molecule has 1 aromatic carbocycles. The van der Waals surface area contributed by atoms with Crippen LogP contribution in [0.15, 0.2) is 30.6 Å². The van der Waals surface area contributed by atoms with Crippen LogP contribution in [-0.4, -0.2) is 33.6 Å². The fourth-order valence-corrected chi connectivity index (χ4v) is 2.16. The molecule has 0 aliphatic carbocycles. The SMILES string of the molecule is Cc1cnn(-c2ccc(NC(=O)NCCC(O)C(C)C)cc2F)c1. The molecule has 1 atom stereocenters. The van der Waals surface area contributed by atoms with E-state index in [-0.39, 0.29) is 5.92 Å². The summed E-state index contributed by atoms with van der Waals surface area (Å²) in [7, 11) is 0. The van der Waals surface area contributed by atoms with Gasteiger partial charge in [-0.1, -0.05) is 13.8 Å². The second kappa shape index (κ2) is 7.92. The molecule has 24 heavy (non-hydrogen) atoms. The fraction of sp³-hybridized carbons (Fsp3) is 0.412. The van der Waals surface area contributed by atoms with Gasteiger partial charge in [0.15, 0.2) is 5.82 Å². The Morgan fingerprint density at radius 2 is 2.17 bits per heavy atom. The fourth-order valence-electron chi connectivity index (χ4n) is 2.16. The van der Waals surface area contributed by atoms with Crippen molar-refractivity contribution in [1.29, 1.82) is 0 Å². The van der Waals surface area contributed by atoms with E-state index in [2.05, 4.69) is 15.7 Å². The number of carbonyl (C=O) groups is 1. The van der Waals surface area contributed by atoms with Crippen molar-refractivity contribution in [2.24, 2.45) is 5.92 Å². The van der Waals surface area contributed by atoms with Gasteiger partial charge in [0.05, 0.1) is 12.3 Å². The molecule has 1 aromatic heterocycles. The maximum Gasteiger partial charge on any atom is 0.319 e. The summed E-state index contributed by atoms with van der Waals surface area (Å²) in [6.07, 6.45) is 3.37. The molecule has 1 heterocycles. The van der Waals surface area contributed by atoms with Gasteiger partial charge in [-0.25, -0.2) is 13.9 Å². The summed E-state index contributed by atoms with van der Waals surface area (Å²) in [6, 6.07) is 3.97. The number of rotatable bonds is 6. The number of nitrogens with zero attached hydrogens (tertiary/aromatic N) is 2. The molecule has 0 fully saturated rings. The average molecular weight is 334 g/mol. The van der Waals surface area contributed by atoms with Crippen LogP contribution >= 0.6 is 0 Å². The van der Waals surface area contributed by atoms with Gasteiger partial charge in [0, 0.05) is 18.4 Å². The first-order chi connectivity index (χ1) is 11.4. The van der Waals surface area contributed by atoms with E-state index in [4.69, 9.17) is 0 Å². The van der Waals surface area contributed by atoms with Gasteiger partial charge in [-0.15, -0.1) is 0 Å². The normalized spacial score (nSPS) is 12.2. The number of hydrogen-bond donors (Lipinski definition) is 3. The lowest BCUT2D eigenvalue weighted by Gasteiger charge is -2.15. The molecule has 0 aliphatic heterocycles. The number of benzene rings is 1. The van der Waals surface area contributed by atoms with Crippen LogP contribution in [0.1, 0.15) is 25.8 Å². The van der Waals surface area contributed by atoms with Crippen molar-refractivity contribution in [2.45, 2.75) is 33.3 Å². The molecule has 0 bridgehead atoms. The van der Waals surface area contributed by atoms with Gasteiger partial charge in [-0.3, -0.25) is 0 Å². The molecule has 0 spiro atoms. The Bertz CT molecular complexity index is 700. The van der Waals surface area contributed by atoms with Crippen LogP contribution in [0, 0.1) is 18.7 Å². The topological polar surface area (TPSA) is 79.2 Å². The highest BCUT2D eigenvalue weighted by Gasteiger charge is 2.11. The summed E-state index contributed by atoms with van der Waals surface area (Å²) >= 11 is 0. The molecule has 0 aliphatic rings. The van der Waals surface area contributed by atoms with Crippen molar-refractivity contribution in [2.75, 3.05) is 11.9 Å². The maximum atomic E-state index is 14.2. The van der Waals surface area contributed by atoms with Crippen molar-refractivity contribution in [1.82, 2.24) is 15.1 Å². The van der Waals surface area contributed by atoms with Gasteiger partial charge in [-0.05, 0) is 43.0 Å². The number of aryl methyl sites for hydroxylation is 1. The molecule has 3 N–H and O–H groups in total. The quantitative estimate of drug-likeness (QED) is 0.760. The molecule has 0 radical (unpaired) electrons. The van der Waals surface area contributed by atoms with Crippen molar-refractivity contribution in [3.8, 4) is 5.69 Å². The first kappa shape index (κ1) is 17.9. The van der Waals surface area contributed by atoms with Gasteiger partial charge in [0.2, 0.25) is 0 Å². The van der Waals surface area contributed by atoms with Gasteiger partial charge < -0.3 is 15.7 Å². The molecule has 0 saturated carbocycles. The number of aliphatic hydroxyl groups excluding tert-OH is 1. The van der Waals surface area contributed by atoms with Crippen LogP contribution < -0.4 is 10.6 Å². The van der Waals surface area contributed by atoms with Gasteiger partial charge in [0.1, 0.15) is 5.69 Å². The van der Waals surface area contributed by atoms with Crippen molar-refractivity contribution in [3.63, 3.8) is 0 Å². The van der Waals surface area contributed by atoms with E-state index in [9.17, 15) is 14.3 Å². The van der Waals surface area contributed by atoms with E-state index in [1.165, 1.54) is 10.7 Å². The predicted octanol–water partition coefficient (Wildman–Crippen LogP) is 2.85. The Hall–Kier alpha value is -2.41. The lowest BCUT2D eigenvalue weighted by atomic mass is 10.0. The lowest BCUT2D eigenvalue weighted by Crippen LogP contribution is -2.32. The van der Waals surface area contributed by atoms with E-state index in [0.717, 1.165) is 5.56 Å². The van der Waals surface area contributed by atoms with E-state index in [1.54, 1.807) is 24.5 Å². The third-order valence-electron chi connectivity index (χ3n) is 3.66. The number of halogens is 1. The lowest BCUT2D eigenvalue weighted by molar-refractivity contribution is 0.117. The predicted molar refractivity (Wildman–Crippen MR) is 90.7 cm³/mol. The molecule has 7 heteroatoms. The van der Waals surface area contributed by atoms with Crippen molar-refractivity contribution < 1.29 is 14.3 Å². The zero-order chi connectivity index (χ0) is 17.7. The number of nitrogens with one attached hydrogen (secondary N) is 2. The minimum Gasteiger partial charge on any atom is -0.393 e. The number of aliphatic hydroxyl groups is 1. The number of anilines is 1. The molecule has 2 aromatic rings. The van der Waals surface area contributed by atoms with E-state index >= 15 is 0 Å². The van der Waals surface area contributed by atoms with E-state index in [1.807, 2.05) is 20.8 Å². The van der Waals surface area contributed by atoms with E-state index in [0.29, 0.717) is 24.3 Å². The molecule has 130 valence electrons. The summed E-state index contributed by atoms with van der Waals surface area (Å²) in [4.78, 5) is 11.8. The van der Waals surface area contributed by atoms with Crippen LogP contribution in [0.5, 0.6) is 0 Å². The second-order valence-corrected chi connectivity index (χ2v) is 6.11. The summed E-state index contributed by atoms with van der Waals surface area (Å²) < 4.78 is 15.6. The first-order valence-corrected chi connectivity index (χ1v) is 7.91. The zero-order valence-corrected chi connectivity index (χ0v) is 14.1. The summed E-state index contributed by atoms with van der Waals surface area (Å²) in [5.74, 6) is -0.339. The largest absolute Gasteiger partial charge is 0.393 e. The Morgan fingerprint density at radius 1 is 1.42 bits per heavy atom. The number of hydrogen-bond acceptors (Lipinski definition) is 3. The van der Waals surface area contributed by atoms with Crippen LogP contribution in [0.2, 0.25) is 0 Å². The standard InChI is InChI=1S/C17H23FN4O2/c1-11(2)16(23)6-7-19-17(24)21-13-4-5-15(14(18)8-13)22-10-12(3)9-20-22/h4-5,8-11,16,23H,6-7H2,1-3H3,(H2,19,21,24). The van der Waals surface area contributed by atoms with Crippen LogP contribution in [-0.2, 0) is 0 Å². The average Bonchev–Trinajstić information content (AvgIpc) is 2.93. The maximum absolute atomic E-state index is 14.2. The van der Waals surface area contributed by atoms with Crippen molar-refractivity contribution in [3.05, 3.63) is 42.0 Å². The molecular formula is C17H23FN4O2. The minimum absolute atomic E-state index is 0.141. The van der Waals surface area contributed by atoms with Crippen molar-refractivity contribution >= 4 is 11.7 Å². The third-order valence-corrected chi connectivity index (χ3v) is 3.66. The number of carbonyl (C=O) groups excluding carboxylic acids is 1. The highest BCUT2D eigenvalue weighted by Crippen LogP contribution is 2.18. The summed E-state index contributed by atoms with van der Waals surface area (Å²) in [5, 5.41) is 18.9. The van der Waals surface area contributed by atoms with Crippen LogP contribution in [0.3, 0.4) is 0 Å². The number of aromatic nitrogens is 2. The second-order valence-electron chi connectivity index (χ2n) is 6.11. The Labute approximate surface area is 140 Å². The third kappa shape index (κ3) is 4.79. The molecule has 2 amide bonds. The first-order valence-electron chi connectivity index (χ1n) is 7.91. The summed E-state index contributed by atoms with van der Waals surface area (Å²) in [5.41, 5.74) is 1.59. The molecule has 2 rings (SSSR count). The monoisotopic (exact) mass is 334 g/mol. The van der Waals surface area contributed by atoms with Gasteiger partial charge in [-0.2, -0.15) is 5.10 Å². The molecule has 1 unspecified atom stereocenters. The highest BCUT2D eigenvalue weighted by molar-refractivity contribution is 5.89. The van der Waals surface area contributed by atoms with E-state index < -0.39 is 18.0 Å². The smallest absolute Gasteiger partial charge is 0.319 e. The number of amides is 2. The van der Waals surface area contributed by atoms with Gasteiger partial charge in [0.25, 0.3) is 0 Å². The Kier molecular flexibility index (Phi) is 5.92. The Morgan fingerprint density at radius 3 is 2.75 bits per heavy atom. The summed E-state index contributed by atoms with van der Waals surface area (Å²) in [6.45, 7) is 6.04. The zero-order valence-electron chi connectivity index (χ0n) is 14.1. The van der Waals surface area contributed by atoms with Gasteiger partial charge >= 0.3 is 6.03 Å². The molecule has 6 nitrogen and oxygen atoms in total. The van der Waals surface area contributed by atoms with Crippen LogP contribution in [0.25, 0.3) is 5.69 Å². The molecule has 0 saturated heterocycles. The Balaban J connectivity index is 1.91. The van der Waals surface area contributed by atoms with Crippen LogP contribution in [0.4, 0.5) is 14.9 Å². The minimum atomic E-state index is -0.480. The highest BCUT2D eigenvalue weighted by atomic mass is 19.1. The molecular weight excluding hydrogens is 311 g/mol.